The molecule has 0 aromatic heterocycles. The maximum atomic E-state index is 12.6. The molecule has 0 amide bonds. The van der Waals surface area contributed by atoms with Gasteiger partial charge in [0.1, 0.15) is 0 Å². The molecule has 1 aliphatic rings. The van der Waals surface area contributed by atoms with Gasteiger partial charge in [-0.25, -0.2) is 0 Å². The van der Waals surface area contributed by atoms with E-state index in [4.69, 9.17) is 12.2 Å². The van der Waals surface area contributed by atoms with Gasteiger partial charge in [-0.2, -0.15) is 0 Å². The van der Waals surface area contributed by atoms with E-state index in [-0.39, 0.29) is 5.78 Å². The quantitative estimate of drug-likeness (QED) is 0.795. The van der Waals surface area contributed by atoms with Gasteiger partial charge in [0.05, 0.1) is 10.9 Å². The molecule has 3 rings (SSSR count). The number of rotatable bonds is 1. The zero-order valence-electron chi connectivity index (χ0n) is 9.89. The molecule has 2 nitrogen and oxygen atoms in total. The second-order valence-electron chi connectivity index (χ2n) is 4.38. The lowest BCUT2D eigenvalue weighted by molar-refractivity contribution is 0.0982. The summed E-state index contributed by atoms with van der Waals surface area (Å²) in [6.45, 7) is 0. The van der Waals surface area contributed by atoms with Gasteiger partial charge in [0.2, 0.25) is 0 Å². The summed E-state index contributed by atoms with van der Waals surface area (Å²) in [5.41, 5.74) is 2.41. The Morgan fingerprint density at radius 2 is 1.74 bits per heavy atom. The van der Waals surface area contributed by atoms with Crippen molar-refractivity contribution >= 4 is 44.6 Å². The number of carbonyl (C=O) groups excluding carboxylic acids is 1. The number of fused-ring (bicyclic) bond motifs is 1. The average Bonchev–Trinajstić information content (AvgIpc) is 2.41. The highest BCUT2D eigenvalue weighted by molar-refractivity contribution is 9.10. The number of thiocarbonyl (C=S) groups is 1. The third-order valence-corrected chi connectivity index (χ3v) is 4.04. The summed E-state index contributed by atoms with van der Waals surface area (Å²) in [5, 5.41) is 3.15. The van der Waals surface area contributed by atoms with E-state index >= 15 is 0 Å². The van der Waals surface area contributed by atoms with E-state index in [2.05, 4.69) is 21.2 Å². The largest absolute Gasteiger partial charge is 0.349 e. The lowest BCUT2D eigenvalue weighted by atomic mass is 9.87. The SMILES string of the molecule is O=C1c2ccccc2NC(=S)C1c1ccc(Br)cc1. The average molecular weight is 332 g/mol. The van der Waals surface area contributed by atoms with Crippen LogP contribution < -0.4 is 5.32 Å². The minimum Gasteiger partial charge on any atom is -0.349 e. The molecule has 19 heavy (non-hydrogen) atoms. The highest BCUT2D eigenvalue weighted by atomic mass is 79.9. The van der Waals surface area contributed by atoms with Crippen molar-refractivity contribution in [1.82, 2.24) is 0 Å². The van der Waals surface area contributed by atoms with Crippen LogP contribution in [0.1, 0.15) is 21.8 Å². The number of hydrogen-bond acceptors (Lipinski definition) is 2. The molecule has 1 atom stereocenters. The number of para-hydroxylation sites is 1. The molecule has 2 aromatic rings. The van der Waals surface area contributed by atoms with Crippen molar-refractivity contribution in [3.05, 3.63) is 64.1 Å². The van der Waals surface area contributed by atoms with Gasteiger partial charge in [-0.3, -0.25) is 4.79 Å². The molecular formula is C15H10BrNOS. The van der Waals surface area contributed by atoms with Crippen LogP contribution in [0.5, 0.6) is 0 Å². The molecule has 0 bridgehead atoms. The van der Waals surface area contributed by atoms with Gasteiger partial charge in [0, 0.05) is 15.7 Å². The first-order valence-electron chi connectivity index (χ1n) is 5.86. The summed E-state index contributed by atoms with van der Waals surface area (Å²) in [5.74, 6) is -0.334. The van der Waals surface area contributed by atoms with Crippen LogP contribution in [-0.2, 0) is 0 Å². The molecule has 0 saturated heterocycles. The predicted molar refractivity (Wildman–Crippen MR) is 83.9 cm³/mol. The molecular weight excluding hydrogens is 322 g/mol. The van der Waals surface area contributed by atoms with Crippen molar-refractivity contribution < 1.29 is 4.79 Å². The fourth-order valence-corrected chi connectivity index (χ4v) is 2.86. The Morgan fingerprint density at radius 1 is 1.05 bits per heavy atom. The van der Waals surface area contributed by atoms with E-state index < -0.39 is 5.92 Å². The Hall–Kier alpha value is -1.52. The van der Waals surface area contributed by atoms with Crippen LogP contribution in [0.2, 0.25) is 0 Å². The number of hydrogen-bond donors (Lipinski definition) is 1. The van der Waals surface area contributed by atoms with Crippen LogP contribution in [0, 0.1) is 0 Å². The number of benzene rings is 2. The van der Waals surface area contributed by atoms with Gasteiger partial charge in [0.15, 0.2) is 5.78 Å². The fourth-order valence-electron chi connectivity index (χ4n) is 2.24. The van der Waals surface area contributed by atoms with Crippen molar-refractivity contribution in [2.24, 2.45) is 0 Å². The number of nitrogens with one attached hydrogen (secondary N) is 1. The molecule has 0 saturated carbocycles. The number of anilines is 1. The summed E-state index contributed by atoms with van der Waals surface area (Å²) < 4.78 is 0.985. The van der Waals surface area contributed by atoms with E-state index in [1.165, 1.54) is 0 Å². The molecule has 1 heterocycles. The molecule has 94 valence electrons. The van der Waals surface area contributed by atoms with Gasteiger partial charge < -0.3 is 5.32 Å². The van der Waals surface area contributed by atoms with Crippen molar-refractivity contribution in [2.75, 3.05) is 5.32 Å². The van der Waals surface area contributed by atoms with Crippen LogP contribution >= 0.6 is 28.1 Å². The van der Waals surface area contributed by atoms with Crippen LogP contribution in [0.25, 0.3) is 0 Å². The minimum absolute atomic E-state index is 0.0571. The zero-order valence-corrected chi connectivity index (χ0v) is 12.3. The minimum atomic E-state index is -0.391. The first-order chi connectivity index (χ1) is 9.16. The van der Waals surface area contributed by atoms with Gasteiger partial charge in [-0.15, -0.1) is 0 Å². The smallest absolute Gasteiger partial charge is 0.179 e. The second-order valence-corrected chi connectivity index (χ2v) is 5.74. The summed E-state index contributed by atoms with van der Waals surface area (Å²) in [4.78, 5) is 13.1. The Balaban J connectivity index is 2.06. The Bertz CT molecular complexity index is 666. The van der Waals surface area contributed by atoms with Gasteiger partial charge in [-0.1, -0.05) is 52.4 Å². The van der Waals surface area contributed by atoms with Crippen molar-refractivity contribution in [3.63, 3.8) is 0 Å². The van der Waals surface area contributed by atoms with E-state index in [1.54, 1.807) is 0 Å². The normalized spacial score (nSPS) is 17.8. The summed E-state index contributed by atoms with van der Waals surface area (Å²) in [6, 6.07) is 15.2. The Kier molecular flexibility index (Phi) is 3.21. The molecule has 0 aliphatic carbocycles. The topological polar surface area (TPSA) is 29.1 Å². The molecule has 0 spiro atoms. The third-order valence-electron chi connectivity index (χ3n) is 3.18. The fraction of sp³-hybridized carbons (Fsp3) is 0.0667. The maximum Gasteiger partial charge on any atom is 0.179 e. The van der Waals surface area contributed by atoms with Crippen molar-refractivity contribution in [2.45, 2.75) is 5.92 Å². The van der Waals surface area contributed by atoms with Crippen LogP contribution in [-0.4, -0.2) is 10.8 Å². The van der Waals surface area contributed by atoms with Crippen molar-refractivity contribution in [1.29, 1.82) is 0 Å². The van der Waals surface area contributed by atoms with Gasteiger partial charge in [-0.05, 0) is 29.8 Å². The molecule has 1 unspecified atom stereocenters. The van der Waals surface area contributed by atoms with E-state index in [0.717, 1.165) is 15.7 Å². The first-order valence-corrected chi connectivity index (χ1v) is 7.06. The molecule has 1 aliphatic heterocycles. The highest BCUT2D eigenvalue weighted by Gasteiger charge is 2.32. The maximum absolute atomic E-state index is 12.6. The summed E-state index contributed by atoms with van der Waals surface area (Å²) in [6.07, 6.45) is 0. The second kappa shape index (κ2) is 4.87. The summed E-state index contributed by atoms with van der Waals surface area (Å²) in [7, 11) is 0. The van der Waals surface area contributed by atoms with Crippen LogP contribution in [0.3, 0.4) is 0 Å². The van der Waals surface area contributed by atoms with E-state index in [9.17, 15) is 4.79 Å². The molecule has 4 heteroatoms. The highest BCUT2D eigenvalue weighted by Crippen LogP contribution is 2.32. The first kappa shape index (κ1) is 12.5. The van der Waals surface area contributed by atoms with Gasteiger partial charge >= 0.3 is 0 Å². The van der Waals surface area contributed by atoms with Crippen molar-refractivity contribution in [3.8, 4) is 0 Å². The number of ketones is 1. The monoisotopic (exact) mass is 331 g/mol. The standard InChI is InChI=1S/C15H10BrNOS/c16-10-7-5-9(6-8-10)13-14(18)11-3-1-2-4-12(11)17-15(13)19/h1-8,13H,(H,17,19). The molecule has 2 aromatic carbocycles. The molecule has 0 fully saturated rings. The lowest BCUT2D eigenvalue weighted by Gasteiger charge is -2.26. The van der Waals surface area contributed by atoms with Crippen LogP contribution in [0.15, 0.2) is 53.0 Å². The Labute approximate surface area is 125 Å². The molecule has 0 radical (unpaired) electrons. The number of Topliss-reactive ketones (excluding diaryl/α,β-unsaturated/α-hetero) is 1. The predicted octanol–water partition coefficient (Wildman–Crippen LogP) is 4.17. The molecule has 1 N–H and O–H groups in total. The summed E-state index contributed by atoms with van der Waals surface area (Å²) >= 11 is 8.74. The van der Waals surface area contributed by atoms with Crippen LogP contribution in [0.4, 0.5) is 5.69 Å². The Morgan fingerprint density at radius 3 is 2.47 bits per heavy atom. The van der Waals surface area contributed by atoms with E-state index in [1.807, 2.05) is 48.5 Å². The third kappa shape index (κ3) is 2.22. The zero-order chi connectivity index (χ0) is 13.4. The lowest BCUT2D eigenvalue weighted by Crippen LogP contribution is -2.32. The number of halogens is 1. The van der Waals surface area contributed by atoms with E-state index in [0.29, 0.717) is 10.6 Å². The van der Waals surface area contributed by atoms with Gasteiger partial charge in [0.25, 0.3) is 0 Å². The number of carbonyl (C=O) groups is 1.